The van der Waals surface area contributed by atoms with E-state index in [-0.39, 0.29) is 0 Å². The summed E-state index contributed by atoms with van der Waals surface area (Å²) in [5.74, 6) is 0.972. The Morgan fingerprint density at radius 3 is 2.80 bits per heavy atom. The molecule has 0 saturated heterocycles. The van der Waals surface area contributed by atoms with Crippen LogP contribution in [0.4, 0.5) is 5.82 Å². The van der Waals surface area contributed by atoms with Crippen molar-refractivity contribution in [2.75, 3.05) is 18.0 Å². The van der Waals surface area contributed by atoms with Crippen molar-refractivity contribution in [1.29, 1.82) is 0 Å². The van der Waals surface area contributed by atoms with Gasteiger partial charge in [0.2, 0.25) is 0 Å². The number of hydrogen-bond donors (Lipinski definition) is 0. The predicted molar refractivity (Wildman–Crippen MR) is 72.3 cm³/mol. The summed E-state index contributed by atoms with van der Waals surface area (Å²) in [5, 5.41) is 0. The van der Waals surface area contributed by atoms with E-state index in [1.54, 1.807) is 0 Å². The molecule has 1 aromatic rings. The van der Waals surface area contributed by atoms with Crippen molar-refractivity contribution in [3.8, 4) is 0 Å². The highest BCUT2D eigenvalue weighted by Gasteiger charge is 2.09. The summed E-state index contributed by atoms with van der Waals surface area (Å²) in [6.07, 6.45) is 4.80. The molecule has 0 aromatic carbocycles. The largest absolute Gasteiger partial charge is 0.352 e. The topological polar surface area (TPSA) is 16.1 Å². The highest BCUT2D eigenvalue weighted by molar-refractivity contribution is 9.11. The minimum Gasteiger partial charge on any atom is -0.352 e. The fraction of sp³-hybridized carbons (Fsp3) is 0.364. The average Bonchev–Trinajstić information content (AvgIpc) is 2.17. The average molecular weight is 334 g/mol. The Hall–Kier alpha value is -0.350. The predicted octanol–water partition coefficient (Wildman–Crippen LogP) is 4.01. The lowest BCUT2D eigenvalue weighted by Crippen LogP contribution is -2.25. The van der Waals surface area contributed by atoms with Crippen LogP contribution in [0.25, 0.3) is 0 Å². The molecule has 0 aliphatic heterocycles. The first-order chi connectivity index (χ1) is 7.19. The van der Waals surface area contributed by atoms with Gasteiger partial charge in [0.15, 0.2) is 0 Å². The Bertz CT molecular complexity index is 339. The molecule has 0 spiro atoms. The number of rotatable bonds is 5. The van der Waals surface area contributed by atoms with E-state index in [4.69, 9.17) is 0 Å². The van der Waals surface area contributed by atoms with Crippen LogP contribution in [0.2, 0.25) is 0 Å². The van der Waals surface area contributed by atoms with Crippen molar-refractivity contribution < 1.29 is 0 Å². The molecule has 82 valence electrons. The molecule has 2 nitrogen and oxygen atoms in total. The quantitative estimate of drug-likeness (QED) is 0.757. The van der Waals surface area contributed by atoms with Gasteiger partial charge in [0, 0.05) is 23.8 Å². The first kappa shape index (κ1) is 12.7. The first-order valence-electron chi connectivity index (χ1n) is 4.86. The van der Waals surface area contributed by atoms with Gasteiger partial charge in [-0.3, -0.25) is 0 Å². The van der Waals surface area contributed by atoms with Gasteiger partial charge in [-0.25, -0.2) is 4.98 Å². The molecule has 0 bridgehead atoms. The van der Waals surface area contributed by atoms with Crippen LogP contribution in [-0.2, 0) is 0 Å². The highest BCUT2D eigenvalue weighted by atomic mass is 79.9. The van der Waals surface area contributed by atoms with Crippen LogP contribution < -0.4 is 4.90 Å². The number of halogens is 2. The van der Waals surface area contributed by atoms with Crippen molar-refractivity contribution in [2.45, 2.75) is 13.3 Å². The number of aromatic nitrogens is 1. The van der Waals surface area contributed by atoms with Crippen LogP contribution >= 0.6 is 31.9 Å². The van der Waals surface area contributed by atoms with Crippen molar-refractivity contribution in [3.63, 3.8) is 0 Å². The minimum atomic E-state index is 0.821. The zero-order valence-electron chi connectivity index (χ0n) is 8.71. The van der Waals surface area contributed by atoms with Gasteiger partial charge in [-0.2, -0.15) is 0 Å². The molecule has 4 heteroatoms. The van der Waals surface area contributed by atoms with Gasteiger partial charge in [-0.15, -0.1) is 6.58 Å². The van der Waals surface area contributed by atoms with Gasteiger partial charge < -0.3 is 4.90 Å². The lowest BCUT2D eigenvalue weighted by Gasteiger charge is -2.22. The van der Waals surface area contributed by atoms with E-state index < -0.39 is 0 Å². The van der Waals surface area contributed by atoms with Crippen molar-refractivity contribution in [2.24, 2.45) is 0 Å². The van der Waals surface area contributed by atoms with E-state index >= 15 is 0 Å². The van der Waals surface area contributed by atoms with Crippen molar-refractivity contribution >= 4 is 37.7 Å². The number of anilines is 1. The molecule has 0 amide bonds. The molecule has 1 rings (SSSR count). The zero-order chi connectivity index (χ0) is 11.3. The molecule has 0 saturated carbocycles. The standard InChI is InChI=1S/C11H14Br2N2/c1-3-5-15(6-4-2)11-10(13)7-9(12)8-14-11/h3,7-8H,1,4-6H2,2H3. The molecular weight excluding hydrogens is 320 g/mol. The summed E-state index contributed by atoms with van der Waals surface area (Å²) < 4.78 is 1.99. The van der Waals surface area contributed by atoms with Gasteiger partial charge >= 0.3 is 0 Å². The summed E-state index contributed by atoms with van der Waals surface area (Å²) in [5.41, 5.74) is 0. The van der Waals surface area contributed by atoms with E-state index in [2.05, 4.69) is 55.2 Å². The van der Waals surface area contributed by atoms with Gasteiger partial charge in [-0.05, 0) is 44.3 Å². The molecule has 0 aliphatic rings. The minimum absolute atomic E-state index is 0.821. The zero-order valence-corrected chi connectivity index (χ0v) is 11.9. The summed E-state index contributed by atoms with van der Waals surface area (Å²) in [7, 11) is 0. The van der Waals surface area contributed by atoms with E-state index in [1.165, 1.54) is 0 Å². The Labute approximate surface area is 108 Å². The maximum atomic E-state index is 4.40. The van der Waals surface area contributed by atoms with E-state index in [0.717, 1.165) is 34.3 Å². The van der Waals surface area contributed by atoms with Crippen molar-refractivity contribution in [1.82, 2.24) is 4.98 Å². The van der Waals surface area contributed by atoms with E-state index in [1.807, 2.05) is 18.3 Å². The third kappa shape index (κ3) is 3.61. The molecular formula is C11H14Br2N2. The van der Waals surface area contributed by atoms with Gasteiger partial charge in [0.05, 0.1) is 4.47 Å². The molecule has 0 fully saturated rings. The van der Waals surface area contributed by atoms with E-state index in [9.17, 15) is 0 Å². The lowest BCUT2D eigenvalue weighted by molar-refractivity contribution is 0.800. The van der Waals surface area contributed by atoms with E-state index in [0.29, 0.717) is 0 Å². The second kappa shape index (κ2) is 6.28. The van der Waals surface area contributed by atoms with Gasteiger partial charge in [0.25, 0.3) is 0 Å². The van der Waals surface area contributed by atoms with Crippen molar-refractivity contribution in [3.05, 3.63) is 33.9 Å². The summed E-state index contributed by atoms with van der Waals surface area (Å²) in [6.45, 7) is 7.72. The summed E-state index contributed by atoms with van der Waals surface area (Å²) >= 11 is 6.91. The Morgan fingerprint density at radius 1 is 1.53 bits per heavy atom. The molecule has 0 aliphatic carbocycles. The fourth-order valence-electron chi connectivity index (χ4n) is 1.35. The molecule has 0 N–H and O–H groups in total. The Kier molecular flexibility index (Phi) is 5.32. The molecule has 0 radical (unpaired) electrons. The number of pyridine rings is 1. The Morgan fingerprint density at radius 2 is 2.27 bits per heavy atom. The second-order valence-electron chi connectivity index (χ2n) is 3.19. The fourth-order valence-corrected chi connectivity index (χ4v) is 2.59. The molecule has 1 aromatic heterocycles. The molecule has 0 unspecified atom stereocenters. The van der Waals surface area contributed by atoms with Gasteiger partial charge in [0.1, 0.15) is 5.82 Å². The Balaban J connectivity index is 2.94. The smallest absolute Gasteiger partial charge is 0.143 e. The van der Waals surface area contributed by atoms with Crippen LogP contribution in [-0.4, -0.2) is 18.1 Å². The highest BCUT2D eigenvalue weighted by Crippen LogP contribution is 2.26. The van der Waals surface area contributed by atoms with Gasteiger partial charge in [-0.1, -0.05) is 13.0 Å². The van der Waals surface area contributed by atoms with Crippen LogP contribution in [0.5, 0.6) is 0 Å². The maximum Gasteiger partial charge on any atom is 0.143 e. The van der Waals surface area contributed by atoms with Crippen LogP contribution in [0.3, 0.4) is 0 Å². The van der Waals surface area contributed by atoms with Crippen LogP contribution in [0.15, 0.2) is 33.9 Å². The second-order valence-corrected chi connectivity index (χ2v) is 4.96. The van der Waals surface area contributed by atoms with Crippen LogP contribution in [0.1, 0.15) is 13.3 Å². The lowest BCUT2D eigenvalue weighted by atomic mass is 10.3. The summed E-state index contributed by atoms with van der Waals surface area (Å²) in [4.78, 5) is 6.60. The monoisotopic (exact) mass is 332 g/mol. The number of nitrogens with zero attached hydrogens (tertiary/aromatic N) is 2. The first-order valence-corrected chi connectivity index (χ1v) is 6.44. The molecule has 15 heavy (non-hydrogen) atoms. The van der Waals surface area contributed by atoms with Crippen LogP contribution in [0, 0.1) is 0 Å². The third-order valence-corrected chi connectivity index (χ3v) is 2.95. The SMILES string of the molecule is C=CCN(CCC)c1ncc(Br)cc1Br. The summed E-state index contributed by atoms with van der Waals surface area (Å²) in [6, 6.07) is 2.01. The number of hydrogen-bond acceptors (Lipinski definition) is 2. The molecule has 0 atom stereocenters. The normalized spacial score (nSPS) is 10.1. The molecule has 1 heterocycles. The maximum absolute atomic E-state index is 4.40. The third-order valence-electron chi connectivity index (χ3n) is 1.93.